The van der Waals surface area contributed by atoms with Crippen molar-refractivity contribution in [1.82, 2.24) is 10.4 Å². The number of rotatable bonds is 6. The summed E-state index contributed by atoms with van der Waals surface area (Å²) in [5.74, 6) is -0.363. The minimum atomic E-state index is -4.44. The van der Waals surface area contributed by atoms with Crippen molar-refractivity contribution < 1.29 is 18.0 Å². The molecule has 1 saturated heterocycles. The van der Waals surface area contributed by atoms with Gasteiger partial charge in [0.25, 0.3) is 5.91 Å². The zero-order valence-electron chi connectivity index (χ0n) is 17.6. The molecule has 1 heterocycles. The Morgan fingerprint density at radius 1 is 0.970 bits per heavy atom. The molecular formula is C25H23ClF3N3O. The number of alkyl halides is 3. The summed E-state index contributed by atoms with van der Waals surface area (Å²) in [5, 5.41) is 5.63. The number of carbonyl (C=O) groups is 1. The van der Waals surface area contributed by atoms with Gasteiger partial charge in [0.1, 0.15) is 6.04 Å². The van der Waals surface area contributed by atoms with Crippen LogP contribution in [0.1, 0.15) is 41.6 Å². The van der Waals surface area contributed by atoms with Crippen molar-refractivity contribution in [3.8, 4) is 0 Å². The zero-order valence-corrected chi connectivity index (χ0v) is 18.4. The molecule has 172 valence electrons. The van der Waals surface area contributed by atoms with Gasteiger partial charge in [0.2, 0.25) is 0 Å². The van der Waals surface area contributed by atoms with E-state index in [9.17, 15) is 18.0 Å². The molecule has 33 heavy (non-hydrogen) atoms. The highest BCUT2D eigenvalue weighted by molar-refractivity contribution is 6.31. The van der Waals surface area contributed by atoms with Gasteiger partial charge in [-0.15, -0.1) is 0 Å². The number of anilines is 1. The van der Waals surface area contributed by atoms with Crippen LogP contribution in [-0.4, -0.2) is 17.5 Å². The second-order valence-corrected chi connectivity index (χ2v) is 8.32. The number of hydrogen-bond acceptors (Lipinski definition) is 3. The minimum Gasteiger partial charge on any atom is -0.370 e. The Morgan fingerprint density at radius 2 is 1.64 bits per heavy atom. The van der Waals surface area contributed by atoms with Gasteiger partial charge in [-0.05, 0) is 54.3 Å². The molecule has 0 bridgehead atoms. The van der Waals surface area contributed by atoms with E-state index in [0.717, 1.165) is 30.5 Å². The number of hydrogen-bond donors (Lipinski definition) is 2. The van der Waals surface area contributed by atoms with E-state index in [0.29, 0.717) is 22.8 Å². The van der Waals surface area contributed by atoms with Gasteiger partial charge in [-0.25, -0.2) is 5.01 Å². The Kier molecular flexibility index (Phi) is 6.91. The summed E-state index contributed by atoms with van der Waals surface area (Å²) in [6.07, 6.45) is -2.73. The first-order chi connectivity index (χ1) is 15.8. The van der Waals surface area contributed by atoms with Gasteiger partial charge in [-0.3, -0.25) is 10.2 Å². The summed E-state index contributed by atoms with van der Waals surface area (Å²) >= 11 is 6.38. The fourth-order valence-electron chi connectivity index (χ4n) is 4.04. The molecule has 0 spiro atoms. The third kappa shape index (κ3) is 5.49. The summed E-state index contributed by atoms with van der Waals surface area (Å²) in [7, 11) is 0. The Morgan fingerprint density at radius 3 is 2.30 bits per heavy atom. The van der Waals surface area contributed by atoms with Crippen LogP contribution in [0.15, 0.2) is 78.9 Å². The molecule has 1 aliphatic rings. The average Bonchev–Trinajstić information content (AvgIpc) is 3.25. The van der Waals surface area contributed by atoms with Gasteiger partial charge in [0, 0.05) is 17.3 Å². The van der Waals surface area contributed by atoms with Gasteiger partial charge >= 0.3 is 6.18 Å². The molecule has 3 aromatic carbocycles. The molecule has 0 aromatic heterocycles. The van der Waals surface area contributed by atoms with Gasteiger partial charge in [-0.2, -0.15) is 13.2 Å². The molecule has 0 saturated carbocycles. The molecule has 1 fully saturated rings. The third-order valence-corrected chi connectivity index (χ3v) is 6.03. The van der Waals surface area contributed by atoms with E-state index in [1.165, 1.54) is 12.1 Å². The lowest BCUT2D eigenvalue weighted by atomic mass is 10.0. The first kappa shape index (κ1) is 23.1. The summed E-state index contributed by atoms with van der Waals surface area (Å²) in [4.78, 5) is 13.4. The van der Waals surface area contributed by atoms with E-state index in [1.54, 1.807) is 12.1 Å². The molecule has 4 nitrogen and oxygen atoms in total. The van der Waals surface area contributed by atoms with Crippen LogP contribution in [0.4, 0.5) is 18.9 Å². The first-order valence-electron chi connectivity index (χ1n) is 10.6. The molecule has 2 N–H and O–H groups in total. The van der Waals surface area contributed by atoms with Gasteiger partial charge < -0.3 is 5.32 Å². The predicted molar refractivity (Wildman–Crippen MR) is 123 cm³/mol. The predicted octanol–water partition coefficient (Wildman–Crippen LogP) is 6.38. The number of carbonyl (C=O) groups excluding carboxylic acids is 1. The standard InChI is InChI=1S/C25H23ClF3N3O/c26-21-10-5-4-9-20(21)22-11-6-16-32(22)31-24(33)23(30-19-7-2-1-3-8-19)17-12-14-18(15-13-17)25(27,28)29/h1-5,7-10,12-15,22-23,30H,6,11,16H2,(H,31,33). The van der Waals surface area contributed by atoms with Gasteiger partial charge in [0.05, 0.1) is 11.6 Å². The number of amides is 1. The van der Waals surface area contributed by atoms with Crippen LogP contribution in [0.5, 0.6) is 0 Å². The van der Waals surface area contributed by atoms with Crippen LogP contribution in [0, 0.1) is 0 Å². The quantitative estimate of drug-likeness (QED) is 0.436. The fourth-order valence-corrected chi connectivity index (χ4v) is 4.30. The lowest BCUT2D eigenvalue weighted by molar-refractivity contribution is -0.137. The Bertz CT molecular complexity index is 1090. The van der Waals surface area contributed by atoms with Crippen molar-refractivity contribution in [1.29, 1.82) is 0 Å². The second-order valence-electron chi connectivity index (χ2n) is 7.91. The highest BCUT2D eigenvalue weighted by atomic mass is 35.5. The van der Waals surface area contributed by atoms with E-state index >= 15 is 0 Å². The Labute approximate surface area is 195 Å². The number of benzene rings is 3. The van der Waals surface area contributed by atoms with Crippen molar-refractivity contribution in [3.05, 3.63) is 101 Å². The maximum absolute atomic E-state index is 13.4. The maximum Gasteiger partial charge on any atom is 0.416 e. The van der Waals surface area contributed by atoms with Gasteiger partial charge in [-0.1, -0.05) is 60.1 Å². The summed E-state index contributed by atoms with van der Waals surface area (Å²) in [6.45, 7) is 0.646. The smallest absolute Gasteiger partial charge is 0.370 e. The normalized spacial score (nSPS) is 17.5. The molecule has 0 aliphatic carbocycles. The summed E-state index contributed by atoms with van der Waals surface area (Å²) in [5.41, 5.74) is 4.25. The van der Waals surface area contributed by atoms with E-state index < -0.39 is 17.8 Å². The van der Waals surface area contributed by atoms with Crippen LogP contribution in [0.2, 0.25) is 5.02 Å². The molecular weight excluding hydrogens is 451 g/mol. The molecule has 2 unspecified atom stereocenters. The average molecular weight is 474 g/mol. The fraction of sp³-hybridized carbons (Fsp3) is 0.240. The number of hydrazine groups is 1. The monoisotopic (exact) mass is 473 g/mol. The maximum atomic E-state index is 13.4. The number of halogens is 4. The molecule has 1 amide bonds. The first-order valence-corrected chi connectivity index (χ1v) is 11.0. The highest BCUT2D eigenvalue weighted by Crippen LogP contribution is 2.35. The topological polar surface area (TPSA) is 44.4 Å². The van der Waals surface area contributed by atoms with Crippen LogP contribution in [-0.2, 0) is 11.0 Å². The van der Waals surface area contributed by atoms with Crippen molar-refractivity contribution in [3.63, 3.8) is 0 Å². The van der Waals surface area contributed by atoms with Crippen molar-refractivity contribution in [2.75, 3.05) is 11.9 Å². The third-order valence-electron chi connectivity index (χ3n) is 5.69. The number of para-hydroxylation sites is 1. The van der Waals surface area contributed by atoms with E-state index in [2.05, 4.69) is 10.7 Å². The SMILES string of the molecule is O=C(NN1CCCC1c1ccccc1Cl)C(Nc1ccccc1)c1ccc(C(F)(F)F)cc1. The summed E-state index contributed by atoms with van der Waals surface area (Å²) in [6, 6.07) is 20.3. The zero-order chi connectivity index (χ0) is 23.4. The molecule has 4 rings (SSSR count). The highest BCUT2D eigenvalue weighted by Gasteiger charge is 2.33. The van der Waals surface area contributed by atoms with Crippen LogP contribution >= 0.6 is 11.6 Å². The minimum absolute atomic E-state index is 0.0763. The Balaban J connectivity index is 1.58. The van der Waals surface area contributed by atoms with Crippen LogP contribution < -0.4 is 10.7 Å². The lowest BCUT2D eigenvalue weighted by Gasteiger charge is -2.29. The van der Waals surface area contributed by atoms with Crippen LogP contribution in [0.3, 0.4) is 0 Å². The van der Waals surface area contributed by atoms with Crippen LogP contribution in [0.25, 0.3) is 0 Å². The van der Waals surface area contributed by atoms with E-state index in [-0.39, 0.29) is 11.9 Å². The van der Waals surface area contributed by atoms with Crippen molar-refractivity contribution in [2.24, 2.45) is 0 Å². The molecule has 3 aromatic rings. The molecule has 8 heteroatoms. The lowest BCUT2D eigenvalue weighted by Crippen LogP contribution is -2.45. The van der Waals surface area contributed by atoms with Gasteiger partial charge in [0.15, 0.2) is 0 Å². The van der Waals surface area contributed by atoms with Crippen molar-refractivity contribution >= 4 is 23.2 Å². The number of nitrogens with zero attached hydrogens (tertiary/aromatic N) is 1. The van der Waals surface area contributed by atoms with Crippen molar-refractivity contribution in [2.45, 2.75) is 31.1 Å². The molecule has 1 aliphatic heterocycles. The largest absolute Gasteiger partial charge is 0.416 e. The van der Waals surface area contributed by atoms with E-state index in [1.807, 2.05) is 47.5 Å². The molecule has 2 atom stereocenters. The molecule has 0 radical (unpaired) electrons. The Hall–Kier alpha value is -3.03. The second kappa shape index (κ2) is 9.85. The summed E-state index contributed by atoms with van der Waals surface area (Å²) < 4.78 is 39.1. The number of nitrogens with one attached hydrogen (secondary N) is 2. The van der Waals surface area contributed by atoms with E-state index in [4.69, 9.17) is 11.6 Å².